The lowest BCUT2D eigenvalue weighted by Gasteiger charge is -2.18. The number of unbranched alkanes of at least 4 members (excludes halogenated alkanes) is 1. The van der Waals surface area contributed by atoms with Crippen molar-refractivity contribution in [2.45, 2.75) is 39.5 Å². The van der Waals surface area contributed by atoms with Crippen molar-refractivity contribution < 1.29 is 19.1 Å². The molecule has 0 atom stereocenters. The molecule has 29 heavy (non-hydrogen) atoms. The van der Waals surface area contributed by atoms with Gasteiger partial charge in [0.25, 0.3) is 5.91 Å². The van der Waals surface area contributed by atoms with Gasteiger partial charge in [0.1, 0.15) is 0 Å². The summed E-state index contributed by atoms with van der Waals surface area (Å²) in [4.78, 5) is 24.3. The lowest BCUT2D eigenvalue weighted by molar-refractivity contribution is -0.116. The van der Waals surface area contributed by atoms with Crippen LogP contribution in [0.1, 0.15) is 49.0 Å². The van der Waals surface area contributed by atoms with Crippen LogP contribution in [0.15, 0.2) is 30.3 Å². The maximum Gasteiger partial charge on any atom is 0.255 e. The highest BCUT2D eigenvalue weighted by molar-refractivity contribution is 6.32. The summed E-state index contributed by atoms with van der Waals surface area (Å²) in [6.07, 6.45) is 3.00. The van der Waals surface area contributed by atoms with Crippen molar-refractivity contribution in [2.75, 3.05) is 23.8 Å². The standard InChI is InChI=1S/C22H25ClN2O4/c1-3-5-10-29-21-17(23)12-15(13-19(21)28-4-2)22(27)24-16-7-8-18-14(11-16)6-9-20(26)25-18/h7-8,11-13H,3-6,9-10H2,1-2H3,(H,24,27)(H,25,26). The number of ether oxygens (including phenoxy) is 2. The quantitative estimate of drug-likeness (QED) is 0.590. The van der Waals surface area contributed by atoms with E-state index in [-0.39, 0.29) is 11.8 Å². The smallest absolute Gasteiger partial charge is 0.255 e. The summed E-state index contributed by atoms with van der Waals surface area (Å²) in [5.74, 6) is 0.624. The van der Waals surface area contributed by atoms with Gasteiger partial charge < -0.3 is 20.1 Å². The minimum atomic E-state index is -0.298. The van der Waals surface area contributed by atoms with Crippen molar-refractivity contribution in [1.82, 2.24) is 0 Å². The zero-order chi connectivity index (χ0) is 20.8. The number of halogens is 1. The van der Waals surface area contributed by atoms with Gasteiger partial charge in [0.2, 0.25) is 5.91 Å². The SMILES string of the molecule is CCCCOc1c(Cl)cc(C(=O)Nc2ccc3c(c2)CCC(=O)N3)cc1OCC. The molecule has 1 aliphatic rings. The van der Waals surface area contributed by atoms with Gasteiger partial charge >= 0.3 is 0 Å². The van der Waals surface area contributed by atoms with E-state index in [2.05, 4.69) is 17.6 Å². The molecule has 0 spiro atoms. The average Bonchev–Trinajstić information content (AvgIpc) is 2.70. The van der Waals surface area contributed by atoms with Crippen molar-refractivity contribution in [2.24, 2.45) is 0 Å². The van der Waals surface area contributed by atoms with E-state index in [0.717, 1.165) is 24.1 Å². The molecule has 0 aromatic heterocycles. The first kappa shape index (κ1) is 21.0. The molecular weight excluding hydrogens is 392 g/mol. The van der Waals surface area contributed by atoms with Crippen LogP contribution in [-0.2, 0) is 11.2 Å². The van der Waals surface area contributed by atoms with Crippen LogP contribution in [0.3, 0.4) is 0 Å². The second-order valence-corrected chi connectivity index (χ2v) is 7.20. The molecule has 154 valence electrons. The third-order valence-corrected chi connectivity index (χ3v) is 4.86. The highest BCUT2D eigenvalue weighted by Crippen LogP contribution is 2.37. The summed E-state index contributed by atoms with van der Waals surface area (Å²) in [6.45, 7) is 4.91. The van der Waals surface area contributed by atoms with Gasteiger partial charge in [-0.15, -0.1) is 0 Å². The molecule has 2 N–H and O–H groups in total. The molecule has 2 aromatic carbocycles. The largest absolute Gasteiger partial charge is 0.490 e. The number of aryl methyl sites for hydroxylation is 1. The fraction of sp³-hybridized carbons (Fsp3) is 0.364. The molecule has 3 rings (SSSR count). The normalized spacial score (nSPS) is 12.7. The Morgan fingerprint density at radius 1 is 1.17 bits per heavy atom. The Balaban J connectivity index is 1.79. The number of carbonyl (C=O) groups excluding carboxylic acids is 2. The van der Waals surface area contributed by atoms with Crippen LogP contribution in [0.4, 0.5) is 11.4 Å². The van der Waals surface area contributed by atoms with E-state index in [1.807, 2.05) is 13.0 Å². The predicted octanol–water partition coefficient (Wildman–Crippen LogP) is 5.05. The van der Waals surface area contributed by atoms with Crippen LogP contribution in [0.25, 0.3) is 0 Å². The van der Waals surface area contributed by atoms with Crippen molar-refractivity contribution in [3.05, 3.63) is 46.5 Å². The van der Waals surface area contributed by atoms with Crippen LogP contribution in [0.5, 0.6) is 11.5 Å². The zero-order valence-electron chi connectivity index (χ0n) is 16.6. The first-order valence-corrected chi connectivity index (χ1v) is 10.2. The van der Waals surface area contributed by atoms with Gasteiger partial charge in [-0.25, -0.2) is 0 Å². The van der Waals surface area contributed by atoms with E-state index >= 15 is 0 Å². The summed E-state index contributed by atoms with van der Waals surface area (Å²) in [5.41, 5.74) is 2.82. The molecule has 0 bridgehead atoms. The molecule has 0 aliphatic carbocycles. The van der Waals surface area contributed by atoms with Crippen molar-refractivity contribution in [3.63, 3.8) is 0 Å². The van der Waals surface area contributed by atoms with Crippen molar-refractivity contribution in [3.8, 4) is 11.5 Å². The van der Waals surface area contributed by atoms with E-state index in [1.54, 1.807) is 24.3 Å². The minimum absolute atomic E-state index is 0.00799. The zero-order valence-corrected chi connectivity index (χ0v) is 17.4. The van der Waals surface area contributed by atoms with E-state index < -0.39 is 0 Å². The summed E-state index contributed by atoms with van der Waals surface area (Å²) in [5, 5.41) is 6.05. The lowest BCUT2D eigenvalue weighted by Crippen LogP contribution is -2.19. The number of hydrogen-bond acceptors (Lipinski definition) is 4. The third-order valence-electron chi connectivity index (χ3n) is 4.57. The molecule has 2 aromatic rings. The molecule has 0 radical (unpaired) electrons. The number of amides is 2. The van der Waals surface area contributed by atoms with Crippen LogP contribution < -0.4 is 20.1 Å². The monoisotopic (exact) mass is 416 g/mol. The first-order chi connectivity index (χ1) is 14.0. The van der Waals surface area contributed by atoms with Crippen molar-refractivity contribution in [1.29, 1.82) is 0 Å². The number of benzene rings is 2. The molecule has 0 unspecified atom stereocenters. The van der Waals surface area contributed by atoms with Gasteiger partial charge in [-0.2, -0.15) is 0 Å². The number of hydrogen-bond donors (Lipinski definition) is 2. The Bertz CT molecular complexity index is 914. The second kappa shape index (κ2) is 9.65. The van der Waals surface area contributed by atoms with Gasteiger partial charge in [0.15, 0.2) is 11.5 Å². The number of fused-ring (bicyclic) bond motifs is 1. The molecule has 1 aliphatic heterocycles. The Morgan fingerprint density at radius 2 is 2.00 bits per heavy atom. The third kappa shape index (κ3) is 5.21. The highest BCUT2D eigenvalue weighted by Gasteiger charge is 2.18. The minimum Gasteiger partial charge on any atom is -0.490 e. The molecule has 0 saturated carbocycles. The first-order valence-electron chi connectivity index (χ1n) is 9.85. The van der Waals surface area contributed by atoms with E-state index in [1.165, 1.54) is 0 Å². The van der Waals surface area contributed by atoms with E-state index in [4.69, 9.17) is 21.1 Å². The summed E-state index contributed by atoms with van der Waals surface area (Å²) >= 11 is 6.38. The van der Waals surface area contributed by atoms with E-state index in [0.29, 0.717) is 53.8 Å². The molecular formula is C22H25ClN2O4. The highest BCUT2D eigenvalue weighted by atomic mass is 35.5. The number of carbonyl (C=O) groups is 2. The number of rotatable bonds is 8. The van der Waals surface area contributed by atoms with Gasteiger partial charge in [-0.3, -0.25) is 9.59 Å². The fourth-order valence-electron chi connectivity index (χ4n) is 3.09. The molecule has 7 heteroatoms. The Labute approximate surface area is 175 Å². The molecule has 0 saturated heterocycles. The molecule has 1 heterocycles. The van der Waals surface area contributed by atoms with Crippen molar-refractivity contribution >= 4 is 34.8 Å². The lowest BCUT2D eigenvalue weighted by atomic mass is 10.0. The summed E-state index contributed by atoms with van der Waals surface area (Å²) < 4.78 is 11.4. The van der Waals surface area contributed by atoms with Gasteiger partial charge in [-0.05, 0) is 55.7 Å². The average molecular weight is 417 g/mol. The Morgan fingerprint density at radius 3 is 2.76 bits per heavy atom. The second-order valence-electron chi connectivity index (χ2n) is 6.79. The van der Waals surface area contributed by atoms with Gasteiger partial charge in [0.05, 0.1) is 18.2 Å². The predicted molar refractivity (Wildman–Crippen MR) is 114 cm³/mol. The number of anilines is 2. The molecule has 0 fully saturated rings. The summed E-state index contributed by atoms with van der Waals surface area (Å²) in [7, 11) is 0. The van der Waals surface area contributed by atoms with Gasteiger partial charge in [0, 0.05) is 23.4 Å². The Kier molecular flexibility index (Phi) is 6.99. The van der Waals surface area contributed by atoms with E-state index in [9.17, 15) is 9.59 Å². The van der Waals surface area contributed by atoms with Crippen LogP contribution in [0, 0.1) is 0 Å². The Hall–Kier alpha value is -2.73. The van der Waals surface area contributed by atoms with Crippen LogP contribution in [-0.4, -0.2) is 25.0 Å². The number of nitrogens with one attached hydrogen (secondary N) is 2. The maximum absolute atomic E-state index is 12.8. The van der Waals surface area contributed by atoms with Gasteiger partial charge in [-0.1, -0.05) is 24.9 Å². The van der Waals surface area contributed by atoms with Crippen LogP contribution >= 0.6 is 11.6 Å². The maximum atomic E-state index is 12.8. The molecule has 2 amide bonds. The fourth-order valence-corrected chi connectivity index (χ4v) is 3.35. The van der Waals surface area contributed by atoms with Crippen LogP contribution in [0.2, 0.25) is 5.02 Å². The molecule has 6 nitrogen and oxygen atoms in total. The summed E-state index contributed by atoms with van der Waals surface area (Å²) in [6, 6.07) is 8.66. The topological polar surface area (TPSA) is 76.7 Å².